The van der Waals surface area contributed by atoms with E-state index in [9.17, 15) is 4.79 Å². The van der Waals surface area contributed by atoms with Crippen LogP contribution in [0.15, 0.2) is 18.6 Å². The van der Waals surface area contributed by atoms with Gasteiger partial charge in [-0.2, -0.15) is 0 Å². The molecule has 1 amide bonds. The van der Waals surface area contributed by atoms with E-state index in [-0.39, 0.29) is 5.91 Å². The van der Waals surface area contributed by atoms with Gasteiger partial charge < -0.3 is 14.6 Å². The number of nitrogens with zero attached hydrogens (tertiary/aromatic N) is 4. The van der Waals surface area contributed by atoms with E-state index in [1.54, 1.807) is 6.20 Å². The largest absolute Gasteiger partial charge is 0.379 e. The Hall–Kier alpha value is -1.99. The Morgan fingerprint density at radius 3 is 3.00 bits per heavy atom. The minimum absolute atomic E-state index is 0.00256. The third-order valence-corrected chi connectivity index (χ3v) is 4.57. The lowest BCUT2D eigenvalue weighted by atomic mass is 10.2. The fourth-order valence-corrected chi connectivity index (χ4v) is 3.36. The van der Waals surface area contributed by atoms with Crippen molar-refractivity contribution in [1.29, 1.82) is 0 Å². The molecule has 1 atom stereocenters. The van der Waals surface area contributed by atoms with Crippen LogP contribution in [0.2, 0.25) is 0 Å². The van der Waals surface area contributed by atoms with Crippen LogP contribution in [-0.2, 0) is 4.74 Å². The van der Waals surface area contributed by atoms with Crippen molar-refractivity contribution >= 4 is 16.9 Å². The summed E-state index contributed by atoms with van der Waals surface area (Å²) in [5, 5.41) is 0.794. The van der Waals surface area contributed by atoms with Crippen molar-refractivity contribution in [3.8, 4) is 0 Å². The van der Waals surface area contributed by atoms with E-state index in [0.29, 0.717) is 17.4 Å². The molecule has 2 aliphatic rings. The number of nitrogens with one attached hydrogen (secondary N) is 1. The average Bonchev–Trinajstić information content (AvgIpc) is 3.24. The van der Waals surface area contributed by atoms with Crippen LogP contribution >= 0.6 is 0 Å². The number of hydrogen-bond donors (Lipinski definition) is 1. The highest BCUT2D eigenvalue weighted by Gasteiger charge is 2.32. The zero-order chi connectivity index (χ0) is 14.9. The van der Waals surface area contributed by atoms with Crippen LogP contribution in [0.1, 0.15) is 16.9 Å². The Morgan fingerprint density at radius 2 is 2.14 bits per heavy atom. The van der Waals surface area contributed by atoms with Gasteiger partial charge in [-0.15, -0.1) is 0 Å². The van der Waals surface area contributed by atoms with Crippen molar-refractivity contribution in [2.75, 3.05) is 39.4 Å². The number of morpholine rings is 1. The summed E-state index contributed by atoms with van der Waals surface area (Å²) in [5.74, 6) is 0.00256. The third-order valence-electron chi connectivity index (χ3n) is 4.57. The lowest BCUT2D eigenvalue weighted by Crippen LogP contribution is -2.45. The Morgan fingerprint density at radius 1 is 1.27 bits per heavy atom. The number of H-pyrrole nitrogens is 1. The molecule has 0 bridgehead atoms. The van der Waals surface area contributed by atoms with Crippen LogP contribution in [-0.4, -0.2) is 76.1 Å². The van der Waals surface area contributed by atoms with Gasteiger partial charge in [0.05, 0.1) is 18.6 Å². The van der Waals surface area contributed by atoms with Gasteiger partial charge in [0.25, 0.3) is 5.91 Å². The van der Waals surface area contributed by atoms with Gasteiger partial charge in [0.2, 0.25) is 0 Å². The molecule has 116 valence electrons. The monoisotopic (exact) mass is 301 g/mol. The molecule has 2 fully saturated rings. The van der Waals surface area contributed by atoms with E-state index < -0.39 is 0 Å². The van der Waals surface area contributed by atoms with E-state index in [2.05, 4.69) is 19.9 Å². The van der Waals surface area contributed by atoms with Crippen LogP contribution in [0.25, 0.3) is 11.0 Å². The summed E-state index contributed by atoms with van der Waals surface area (Å²) < 4.78 is 5.40. The fraction of sp³-hybridized carbons (Fsp3) is 0.533. The second kappa shape index (κ2) is 5.66. The second-order valence-corrected chi connectivity index (χ2v) is 5.80. The van der Waals surface area contributed by atoms with Crippen molar-refractivity contribution in [3.05, 3.63) is 24.3 Å². The van der Waals surface area contributed by atoms with Crippen molar-refractivity contribution in [2.45, 2.75) is 12.5 Å². The number of hydrogen-bond acceptors (Lipinski definition) is 5. The molecule has 0 spiro atoms. The number of aromatic nitrogens is 3. The predicted octanol–water partition coefficient (Wildman–Crippen LogP) is 0.505. The maximum absolute atomic E-state index is 12.8. The van der Waals surface area contributed by atoms with E-state index in [1.807, 2.05) is 11.0 Å². The summed E-state index contributed by atoms with van der Waals surface area (Å²) in [6, 6.07) is 2.30. The first-order valence-electron chi connectivity index (χ1n) is 7.72. The minimum atomic E-state index is 0.00256. The number of amides is 1. The van der Waals surface area contributed by atoms with Gasteiger partial charge in [-0.1, -0.05) is 0 Å². The SMILES string of the molecule is O=C(c1ncnc2[nH]ccc12)N1CCC(N2CCOCC2)C1. The zero-order valence-electron chi connectivity index (χ0n) is 12.4. The quantitative estimate of drug-likeness (QED) is 0.874. The van der Waals surface area contributed by atoms with Gasteiger partial charge >= 0.3 is 0 Å². The highest BCUT2D eigenvalue weighted by molar-refractivity contribution is 6.03. The summed E-state index contributed by atoms with van der Waals surface area (Å²) in [7, 11) is 0. The summed E-state index contributed by atoms with van der Waals surface area (Å²) in [5.41, 5.74) is 1.20. The molecule has 0 radical (unpaired) electrons. The predicted molar refractivity (Wildman–Crippen MR) is 80.6 cm³/mol. The first-order chi connectivity index (χ1) is 10.8. The van der Waals surface area contributed by atoms with Gasteiger partial charge in [0.1, 0.15) is 17.7 Å². The lowest BCUT2D eigenvalue weighted by Gasteiger charge is -2.32. The minimum Gasteiger partial charge on any atom is -0.379 e. The van der Waals surface area contributed by atoms with Crippen molar-refractivity contribution < 1.29 is 9.53 Å². The fourth-order valence-electron chi connectivity index (χ4n) is 3.36. The Kier molecular flexibility index (Phi) is 3.51. The maximum Gasteiger partial charge on any atom is 0.273 e. The van der Waals surface area contributed by atoms with Crippen LogP contribution in [0, 0.1) is 0 Å². The molecule has 4 heterocycles. The van der Waals surface area contributed by atoms with E-state index in [4.69, 9.17) is 4.74 Å². The number of ether oxygens (including phenoxy) is 1. The van der Waals surface area contributed by atoms with Crippen LogP contribution in [0.3, 0.4) is 0 Å². The topological polar surface area (TPSA) is 74.4 Å². The normalized spacial score (nSPS) is 23.3. The third kappa shape index (κ3) is 2.36. The Labute approximate surface area is 128 Å². The zero-order valence-corrected chi connectivity index (χ0v) is 12.4. The molecule has 0 saturated carbocycles. The van der Waals surface area contributed by atoms with E-state index in [1.165, 1.54) is 6.33 Å². The number of likely N-dealkylation sites (tertiary alicyclic amines) is 1. The second-order valence-electron chi connectivity index (χ2n) is 5.80. The van der Waals surface area contributed by atoms with E-state index in [0.717, 1.165) is 51.2 Å². The number of carbonyl (C=O) groups is 1. The average molecular weight is 301 g/mol. The first kappa shape index (κ1) is 13.7. The molecule has 1 unspecified atom stereocenters. The molecule has 1 N–H and O–H groups in total. The van der Waals surface area contributed by atoms with Gasteiger partial charge in [0, 0.05) is 38.4 Å². The highest BCUT2D eigenvalue weighted by Crippen LogP contribution is 2.21. The standard InChI is InChI=1S/C15H19N5O2/c21-15(13-12-1-3-16-14(12)18-10-17-13)20-4-2-11(9-20)19-5-7-22-8-6-19/h1,3,10-11H,2,4-9H2,(H,16,17,18). The van der Waals surface area contributed by atoms with Crippen molar-refractivity contribution in [1.82, 2.24) is 24.8 Å². The van der Waals surface area contributed by atoms with Gasteiger partial charge in [0.15, 0.2) is 0 Å². The number of fused-ring (bicyclic) bond motifs is 1. The number of rotatable bonds is 2. The maximum atomic E-state index is 12.8. The van der Waals surface area contributed by atoms with Crippen LogP contribution in [0.4, 0.5) is 0 Å². The highest BCUT2D eigenvalue weighted by atomic mass is 16.5. The molecule has 22 heavy (non-hydrogen) atoms. The summed E-state index contributed by atoms with van der Waals surface area (Å²) in [4.78, 5) is 28.5. The molecule has 0 aliphatic carbocycles. The molecule has 0 aromatic carbocycles. The van der Waals surface area contributed by atoms with E-state index >= 15 is 0 Å². The smallest absolute Gasteiger partial charge is 0.273 e. The number of aromatic amines is 1. The molecular formula is C15H19N5O2. The molecular weight excluding hydrogens is 282 g/mol. The summed E-state index contributed by atoms with van der Waals surface area (Å²) in [6.07, 6.45) is 4.26. The van der Waals surface area contributed by atoms with Crippen molar-refractivity contribution in [2.24, 2.45) is 0 Å². The number of carbonyl (C=O) groups excluding carboxylic acids is 1. The molecule has 2 saturated heterocycles. The van der Waals surface area contributed by atoms with Gasteiger partial charge in [-0.05, 0) is 12.5 Å². The molecule has 2 aromatic rings. The summed E-state index contributed by atoms with van der Waals surface area (Å²) >= 11 is 0. The molecule has 7 nitrogen and oxygen atoms in total. The molecule has 4 rings (SSSR count). The van der Waals surface area contributed by atoms with Gasteiger partial charge in [-0.3, -0.25) is 9.69 Å². The Balaban J connectivity index is 1.50. The summed E-state index contributed by atoms with van der Waals surface area (Å²) in [6.45, 7) is 5.07. The first-order valence-corrected chi connectivity index (χ1v) is 7.72. The van der Waals surface area contributed by atoms with Crippen LogP contribution in [0.5, 0.6) is 0 Å². The van der Waals surface area contributed by atoms with Gasteiger partial charge in [-0.25, -0.2) is 9.97 Å². The molecule has 2 aliphatic heterocycles. The Bertz CT molecular complexity index is 679. The molecule has 7 heteroatoms. The van der Waals surface area contributed by atoms with Crippen molar-refractivity contribution in [3.63, 3.8) is 0 Å². The van der Waals surface area contributed by atoms with Crippen LogP contribution < -0.4 is 0 Å². The molecule has 2 aromatic heterocycles. The lowest BCUT2D eigenvalue weighted by molar-refractivity contribution is 0.0185.